The van der Waals surface area contributed by atoms with E-state index >= 15 is 0 Å². The van der Waals surface area contributed by atoms with Gasteiger partial charge in [0.05, 0.1) is 0 Å². The van der Waals surface area contributed by atoms with Gasteiger partial charge in [-0.15, -0.1) is 0 Å². The maximum Gasteiger partial charge on any atom is 0.303 e. The zero-order valence-electron chi connectivity index (χ0n) is 18.4. The van der Waals surface area contributed by atoms with Gasteiger partial charge in [-0.1, -0.05) is 39.0 Å². The molecular formula is C22H32O6Si. The van der Waals surface area contributed by atoms with Crippen molar-refractivity contribution < 1.29 is 28.2 Å². The molecule has 0 aliphatic carbocycles. The second kappa shape index (κ2) is 9.13. The van der Waals surface area contributed by atoms with Crippen molar-refractivity contribution >= 4 is 20.3 Å². The minimum Gasteiger partial charge on any atom is -0.543 e. The molecule has 1 aliphatic heterocycles. The first-order chi connectivity index (χ1) is 13.4. The van der Waals surface area contributed by atoms with Crippen LogP contribution in [0.25, 0.3) is 0 Å². The molecule has 3 atom stereocenters. The molecule has 3 unspecified atom stereocenters. The van der Waals surface area contributed by atoms with E-state index in [1.54, 1.807) is 6.08 Å². The summed E-state index contributed by atoms with van der Waals surface area (Å²) in [6, 6.07) is 7.83. The van der Waals surface area contributed by atoms with Gasteiger partial charge in [-0.25, -0.2) is 0 Å². The fourth-order valence-electron chi connectivity index (χ4n) is 2.68. The van der Waals surface area contributed by atoms with Gasteiger partial charge in [0.25, 0.3) is 0 Å². The van der Waals surface area contributed by atoms with Crippen molar-refractivity contribution in [1.29, 1.82) is 0 Å². The lowest BCUT2D eigenvalue weighted by Crippen LogP contribution is -2.43. The number of rotatable bonds is 6. The largest absolute Gasteiger partial charge is 0.543 e. The highest BCUT2D eigenvalue weighted by atomic mass is 28.4. The van der Waals surface area contributed by atoms with Crippen molar-refractivity contribution in [2.75, 3.05) is 6.61 Å². The Morgan fingerprint density at radius 1 is 1.10 bits per heavy atom. The minimum atomic E-state index is -1.96. The monoisotopic (exact) mass is 420 g/mol. The summed E-state index contributed by atoms with van der Waals surface area (Å²) in [6.45, 7) is 13.7. The number of ether oxygens (including phenoxy) is 3. The van der Waals surface area contributed by atoms with Gasteiger partial charge < -0.3 is 18.6 Å². The molecule has 160 valence electrons. The Bertz CT molecular complexity index is 765. The lowest BCUT2D eigenvalue weighted by Gasteiger charge is -2.36. The Kier molecular flexibility index (Phi) is 7.29. The van der Waals surface area contributed by atoms with Crippen LogP contribution in [0.4, 0.5) is 0 Å². The molecule has 29 heavy (non-hydrogen) atoms. The van der Waals surface area contributed by atoms with Crippen LogP contribution in [0.2, 0.25) is 18.1 Å². The summed E-state index contributed by atoms with van der Waals surface area (Å²) in [7, 11) is -1.96. The molecule has 0 saturated heterocycles. The molecule has 0 aromatic heterocycles. The fraction of sp³-hybridized carbons (Fsp3) is 0.545. The molecule has 0 N–H and O–H groups in total. The summed E-state index contributed by atoms with van der Waals surface area (Å²) in [5, 5.41) is 0.0939. The number of hydrogen-bond donors (Lipinski definition) is 0. The van der Waals surface area contributed by atoms with Crippen molar-refractivity contribution in [2.45, 2.75) is 71.1 Å². The smallest absolute Gasteiger partial charge is 0.303 e. The molecule has 0 radical (unpaired) electrons. The summed E-state index contributed by atoms with van der Waals surface area (Å²) in [6.07, 6.45) is 2.09. The highest BCUT2D eigenvalue weighted by Gasteiger charge is 2.39. The topological polar surface area (TPSA) is 71.1 Å². The Morgan fingerprint density at radius 3 is 2.38 bits per heavy atom. The third-order valence-electron chi connectivity index (χ3n) is 5.28. The normalized spacial score (nSPS) is 22.1. The number of benzene rings is 1. The first-order valence-corrected chi connectivity index (χ1v) is 12.7. The van der Waals surface area contributed by atoms with E-state index in [0.29, 0.717) is 0 Å². The molecule has 2 rings (SSSR count). The van der Waals surface area contributed by atoms with E-state index in [-0.39, 0.29) is 17.7 Å². The summed E-state index contributed by atoms with van der Waals surface area (Å²) < 4.78 is 22.9. The highest BCUT2D eigenvalue weighted by molar-refractivity contribution is 6.74. The van der Waals surface area contributed by atoms with E-state index in [0.717, 1.165) is 11.3 Å². The Labute approximate surface area is 174 Å². The molecule has 1 heterocycles. The zero-order valence-corrected chi connectivity index (χ0v) is 19.4. The zero-order chi connectivity index (χ0) is 21.8. The van der Waals surface area contributed by atoms with E-state index in [1.165, 1.54) is 13.8 Å². The molecule has 6 nitrogen and oxygen atoms in total. The predicted molar refractivity (Wildman–Crippen MR) is 113 cm³/mol. The average Bonchev–Trinajstić information content (AvgIpc) is 2.59. The predicted octanol–water partition coefficient (Wildman–Crippen LogP) is 4.56. The third kappa shape index (κ3) is 6.44. The van der Waals surface area contributed by atoms with Crippen LogP contribution in [0.3, 0.4) is 0 Å². The first kappa shape index (κ1) is 23.2. The van der Waals surface area contributed by atoms with Crippen LogP contribution in [0.1, 0.15) is 46.3 Å². The average molecular weight is 421 g/mol. The van der Waals surface area contributed by atoms with Gasteiger partial charge in [-0.3, -0.25) is 9.59 Å². The van der Waals surface area contributed by atoms with E-state index in [1.807, 2.05) is 30.3 Å². The van der Waals surface area contributed by atoms with Crippen LogP contribution in [0, 0.1) is 0 Å². The third-order valence-corrected chi connectivity index (χ3v) is 9.64. The Hall–Kier alpha value is -2.12. The van der Waals surface area contributed by atoms with Crippen LogP contribution in [0.5, 0.6) is 5.75 Å². The molecular weight excluding hydrogens is 388 g/mol. The molecule has 7 heteroatoms. The molecule has 1 aliphatic rings. The minimum absolute atomic E-state index is 0.00821. The number of carbonyl (C=O) groups excluding carboxylic acids is 2. The summed E-state index contributed by atoms with van der Waals surface area (Å²) >= 11 is 0. The van der Waals surface area contributed by atoms with Crippen LogP contribution < -0.4 is 4.43 Å². The van der Waals surface area contributed by atoms with Gasteiger partial charge in [0, 0.05) is 13.8 Å². The van der Waals surface area contributed by atoms with Gasteiger partial charge in [0.2, 0.25) is 8.32 Å². The molecule has 0 saturated carbocycles. The van der Waals surface area contributed by atoms with Gasteiger partial charge >= 0.3 is 11.9 Å². The number of hydrogen-bond acceptors (Lipinski definition) is 6. The van der Waals surface area contributed by atoms with Crippen molar-refractivity contribution in [3.8, 4) is 5.75 Å². The Morgan fingerprint density at radius 2 is 1.79 bits per heavy atom. The van der Waals surface area contributed by atoms with Crippen LogP contribution >= 0.6 is 0 Å². The first-order valence-electron chi connectivity index (χ1n) is 9.82. The second-order valence-electron chi connectivity index (χ2n) is 8.79. The maximum atomic E-state index is 11.4. The summed E-state index contributed by atoms with van der Waals surface area (Å²) in [4.78, 5) is 22.6. The van der Waals surface area contributed by atoms with Crippen molar-refractivity contribution in [2.24, 2.45) is 0 Å². The van der Waals surface area contributed by atoms with Gasteiger partial charge in [0.1, 0.15) is 30.7 Å². The number of carbonyl (C=O) groups is 2. The van der Waals surface area contributed by atoms with E-state index < -0.39 is 32.5 Å². The fourth-order valence-corrected chi connectivity index (χ4v) is 3.70. The summed E-state index contributed by atoms with van der Waals surface area (Å²) in [5.74, 6) is -0.0184. The highest BCUT2D eigenvalue weighted by Crippen LogP contribution is 2.38. The summed E-state index contributed by atoms with van der Waals surface area (Å²) in [5.41, 5.74) is 0.923. The van der Waals surface area contributed by atoms with Crippen molar-refractivity contribution in [3.63, 3.8) is 0 Å². The molecule has 1 aromatic carbocycles. The van der Waals surface area contributed by atoms with Gasteiger partial charge in [0.15, 0.2) is 0 Å². The lowest BCUT2D eigenvalue weighted by atomic mass is 10.0. The molecule has 0 fully saturated rings. The van der Waals surface area contributed by atoms with E-state index in [4.69, 9.17) is 18.6 Å². The van der Waals surface area contributed by atoms with Crippen LogP contribution in [-0.4, -0.2) is 39.1 Å². The van der Waals surface area contributed by atoms with Gasteiger partial charge in [-0.2, -0.15) is 0 Å². The molecule has 0 spiro atoms. The van der Waals surface area contributed by atoms with Crippen LogP contribution in [0.15, 0.2) is 36.4 Å². The number of esters is 2. The van der Waals surface area contributed by atoms with Crippen molar-refractivity contribution in [1.82, 2.24) is 0 Å². The van der Waals surface area contributed by atoms with E-state index in [2.05, 4.69) is 33.9 Å². The standard InChI is InChI=1S/C22H32O6Si/c1-15(23)25-14-21-20(26-16(2)24)12-11-19(27-21)17-9-8-10-18(13-17)28-29(6,7)22(3,4)5/h8-13,19-21H,14H2,1-7H3. The quantitative estimate of drug-likeness (QED) is 0.382. The SMILES string of the molecule is CC(=O)OCC1OC(c2cccc(O[Si](C)(C)C(C)(C)C)c2)C=CC1OC(C)=O. The van der Waals surface area contributed by atoms with E-state index in [9.17, 15) is 9.59 Å². The Balaban J connectivity index is 2.21. The lowest BCUT2D eigenvalue weighted by molar-refractivity contribution is -0.163. The van der Waals surface area contributed by atoms with Gasteiger partial charge in [-0.05, 0) is 41.9 Å². The molecule has 0 amide bonds. The molecule has 0 bridgehead atoms. The van der Waals surface area contributed by atoms with Crippen LogP contribution in [-0.2, 0) is 23.8 Å². The maximum absolute atomic E-state index is 11.4. The second-order valence-corrected chi connectivity index (χ2v) is 13.5. The molecule has 1 aromatic rings. The van der Waals surface area contributed by atoms with Crippen molar-refractivity contribution in [3.05, 3.63) is 42.0 Å².